The molecule has 1 aromatic heterocycles. The number of carbonyl (C=O) groups is 2. The van der Waals surface area contributed by atoms with Gasteiger partial charge in [0.1, 0.15) is 11.8 Å². The minimum atomic E-state index is -1.40. The zero-order chi connectivity index (χ0) is 18.1. The first-order valence-electron chi connectivity index (χ1n) is 7.33. The number of nitrogens with two attached hydrogens (primary N) is 2. The predicted molar refractivity (Wildman–Crippen MR) is 91.1 cm³/mol. The number of benzene rings is 1. The molecular weight excluding hydrogens is 347 g/mol. The third-order valence-corrected chi connectivity index (χ3v) is 4.51. The first kappa shape index (κ1) is 17.2. The highest BCUT2D eigenvalue weighted by Crippen LogP contribution is 2.30. The number of hydrogen-bond donors (Lipinski definition) is 5. The summed E-state index contributed by atoms with van der Waals surface area (Å²) in [7, 11) is -1.40. The number of carbonyl (C=O) groups excluding carboxylic acids is 1. The summed E-state index contributed by atoms with van der Waals surface area (Å²) in [5.41, 5.74) is 12.2. The van der Waals surface area contributed by atoms with Gasteiger partial charge >= 0.3 is 13.1 Å². The molecule has 9 nitrogen and oxygen atoms in total. The van der Waals surface area contributed by atoms with E-state index in [4.69, 9.17) is 16.1 Å². The van der Waals surface area contributed by atoms with Gasteiger partial charge in [-0.2, -0.15) is 0 Å². The maximum atomic E-state index is 12.3. The number of aromatic carboxylic acids is 1. The van der Waals surface area contributed by atoms with Gasteiger partial charge < -0.3 is 31.6 Å². The van der Waals surface area contributed by atoms with E-state index in [0.717, 1.165) is 0 Å². The summed E-state index contributed by atoms with van der Waals surface area (Å²) >= 11 is 1.17. The van der Waals surface area contributed by atoms with Crippen molar-refractivity contribution in [1.29, 1.82) is 0 Å². The third-order valence-electron chi connectivity index (χ3n) is 3.82. The van der Waals surface area contributed by atoms with E-state index < -0.39 is 31.0 Å². The number of carboxylic acid groups (broad SMARTS) is 1. The smallest absolute Gasteiger partial charge is 0.534 e. The van der Waals surface area contributed by atoms with Crippen LogP contribution >= 0.6 is 11.3 Å². The van der Waals surface area contributed by atoms with E-state index in [1.165, 1.54) is 17.4 Å². The zero-order valence-electron chi connectivity index (χ0n) is 12.9. The molecule has 0 aliphatic carbocycles. The fraction of sp³-hybridized carbons (Fsp3) is 0.214. The number of amides is 1. The standard InChI is InChI=1S/C14H15BN4O5S/c16-10(8-5-25-14(17)18-8)12(20)19-9-4-6-2-1-3-7(13(21)22)11(6)24-15(9)23/h1-3,5,9-10,23H,4,16H2,(H2,17,18)(H,19,20)(H,21,22)/t9?,10-/m0/s1. The van der Waals surface area contributed by atoms with Gasteiger partial charge in [0.25, 0.3) is 0 Å². The van der Waals surface area contributed by atoms with Crippen molar-refractivity contribution in [3.05, 3.63) is 40.4 Å². The van der Waals surface area contributed by atoms with E-state index in [1.807, 2.05) is 0 Å². The van der Waals surface area contributed by atoms with Crippen LogP contribution in [0.2, 0.25) is 0 Å². The number of nitrogens with one attached hydrogen (secondary N) is 1. The first-order chi connectivity index (χ1) is 11.9. The Morgan fingerprint density at radius 1 is 1.48 bits per heavy atom. The number of nitrogen functional groups attached to an aromatic ring is 1. The Morgan fingerprint density at radius 3 is 2.88 bits per heavy atom. The highest BCUT2D eigenvalue weighted by Gasteiger charge is 2.38. The predicted octanol–water partition coefficient (Wildman–Crippen LogP) is -0.437. The molecule has 3 rings (SSSR count). The summed E-state index contributed by atoms with van der Waals surface area (Å²) in [6, 6.07) is 3.60. The number of hydrogen-bond acceptors (Lipinski definition) is 8. The van der Waals surface area contributed by atoms with Gasteiger partial charge in [-0.1, -0.05) is 12.1 Å². The lowest BCUT2D eigenvalue weighted by atomic mass is 9.72. The summed E-state index contributed by atoms with van der Waals surface area (Å²) in [5, 5.41) is 23.8. The van der Waals surface area contributed by atoms with Crippen LogP contribution in [0.5, 0.6) is 5.75 Å². The van der Waals surface area contributed by atoms with Gasteiger partial charge in [-0.25, -0.2) is 9.78 Å². The van der Waals surface area contributed by atoms with E-state index in [9.17, 15) is 19.7 Å². The molecule has 0 saturated carbocycles. The van der Waals surface area contributed by atoms with Gasteiger partial charge in [-0.05, 0) is 18.1 Å². The summed E-state index contributed by atoms with van der Waals surface area (Å²) < 4.78 is 5.31. The van der Waals surface area contributed by atoms with E-state index in [2.05, 4.69) is 10.3 Å². The van der Waals surface area contributed by atoms with Crippen molar-refractivity contribution >= 4 is 35.5 Å². The molecule has 1 unspecified atom stereocenters. The maximum absolute atomic E-state index is 12.3. The van der Waals surface area contributed by atoms with Crippen molar-refractivity contribution in [3.8, 4) is 5.75 Å². The lowest BCUT2D eigenvalue weighted by Gasteiger charge is -2.29. The van der Waals surface area contributed by atoms with Gasteiger partial charge in [0.15, 0.2) is 5.13 Å². The number of nitrogens with zero attached hydrogens (tertiary/aromatic N) is 1. The number of anilines is 1. The second kappa shape index (κ2) is 6.71. The van der Waals surface area contributed by atoms with Crippen LogP contribution in [0.4, 0.5) is 5.13 Å². The molecule has 0 bridgehead atoms. The molecule has 2 atom stereocenters. The number of fused-ring (bicyclic) bond motifs is 1. The SMILES string of the molecule is Nc1nc([C@H](N)C(=O)NC2Cc3cccc(C(=O)O)c3OB2O)cs1. The van der Waals surface area contributed by atoms with Crippen molar-refractivity contribution < 1.29 is 24.4 Å². The number of carboxylic acids is 1. The van der Waals surface area contributed by atoms with Gasteiger partial charge in [0, 0.05) is 5.38 Å². The average Bonchev–Trinajstić information content (AvgIpc) is 3.00. The summed E-state index contributed by atoms with van der Waals surface area (Å²) in [4.78, 5) is 27.5. The fourth-order valence-electron chi connectivity index (χ4n) is 2.57. The van der Waals surface area contributed by atoms with E-state index in [1.54, 1.807) is 17.5 Å². The molecule has 2 heterocycles. The van der Waals surface area contributed by atoms with E-state index in [0.29, 0.717) is 16.4 Å². The molecule has 2 aromatic rings. The average molecular weight is 362 g/mol. The van der Waals surface area contributed by atoms with Crippen LogP contribution in [0, 0.1) is 0 Å². The van der Waals surface area contributed by atoms with Crippen LogP contribution in [0.25, 0.3) is 0 Å². The molecule has 25 heavy (non-hydrogen) atoms. The number of para-hydroxylation sites is 1. The Balaban J connectivity index is 1.75. The zero-order valence-corrected chi connectivity index (χ0v) is 13.7. The second-order valence-corrected chi connectivity index (χ2v) is 6.40. The van der Waals surface area contributed by atoms with Crippen LogP contribution in [0.1, 0.15) is 27.7 Å². The molecule has 1 aromatic carbocycles. The highest BCUT2D eigenvalue weighted by atomic mass is 32.1. The topological polar surface area (TPSA) is 161 Å². The molecule has 0 radical (unpaired) electrons. The maximum Gasteiger partial charge on any atom is 0.547 e. The molecule has 0 fully saturated rings. The van der Waals surface area contributed by atoms with Crippen LogP contribution in [0.3, 0.4) is 0 Å². The fourth-order valence-corrected chi connectivity index (χ4v) is 3.17. The van der Waals surface area contributed by atoms with Crippen LogP contribution < -0.4 is 21.4 Å². The van der Waals surface area contributed by atoms with Gasteiger partial charge in [0.05, 0.1) is 17.2 Å². The van der Waals surface area contributed by atoms with Crippen molar-refractivity contribution in [2.75, 3.05) is 5.73 Å². The Bertz CT molecular complexity index is 829. The Hall–Kier alpha value is -2.63. The first-order valence-corrected chi connectivity index (χ1v) is 8.21. The lowest BCUT2D eigenvalue weighted by Crippen LogP contribution is -2.54. The molecule has 130 valence electrons. The van der Waals surface area contributed by atoms with Crippen molar-refractivity contribution in [3.63, 3.8) is 0 Å². The van der Waals surface area contributed by atoms with Gasteiger partial charge in [-0.15, -0.1) is 11.3 Å². The van der Waals surface area contributed by atoms with E-state index >= 15 is 0 Å². The van der Waals surface area contributed by atoms with Crippen molar-refractivity contribution in [2.45, 2.75) is 18.4 Å². The largest absolute Gasteiger partial charge is 0.547 e. The van der Waals surface area contributed by atoms with Crippen molar-refractivity contribution in [2.24, 2.45) is 5.73 Å². The Labute approximate surface area is 146 Å². The Morgan fingerprint density at radius 2 is 2.24 bits per heavy atom. The number of aromatic nitrogens is 1. The van der Waals surface area contributed by atoms with Crippen LogP contribution in [-0.2, 0) is 11.2 Å². The normalized spacial score (nSPS) is 17.4. The summed E-state index contributed by atoms with van der Waals surface area (Å²) in [6.45, 7) is 0. The summed E-state index contributed by atoms with van der Waals surface area (Å²) in [6.07, 6.45) is 0.204. The van der Waals surface area contributed by atoms with E-state index in [-0.39, 0.29) is 17.7 Å². The molecule has 7 N–H and O–H groups in total. The molecule has 11 heteroatoms. The van der Waals surface area contributed by atoms with Gasteiger partial charge in [-0.3, -0.25) is 4.79 Å². The van der Waals surface area contributed by atoms with Crippen molar-refractivity contribution in [1.82, 2.24) is 10.3 Å². The van der Waals surface area contributed by atoms with Crippen LogP contribution in [0.15, 0.2) is 23.6 Å². The second-order valence-electron chi connectivity index (χ2n) is 5.51. The monoisotopic (exact) mass is 362 g/mol. The molecule has 1 aliphatic rings. The molecule has 0 spiro atoms. The molecular formula is C14H15BN4O5S. The number of thiazole rings is 1. The minimum absolute atomic E-state index is 0.0454. The van der Waals surface area contributed by atoms with Crippen LogP contribution in [-0.4, -0.2) is 40.1 Å². The highest BCUT2D eigenvalue weighted by molar-refractivity contribution is 7.13. The summed E-state index contributed by atoms with van der Waals surface area (Å²) in [5.74, 6) is -2.37. The number of rotatable bonds is 4. The van der Waals surface area contributed by atoms with Gasteiger partial charge in [0.2, 0.25) is 5.91 Å². The lowest BCUT2D eigenvalue weighted by molar-refractivity contribution is -0.123. The quantitative estimate of drug-likeness (QED) is 0.458. The Kier molecular flexibility index (Phi) is 4.62. The molecule has 0 saturated heterocycles. The molecule has 1 amide bonds. The minimum Gasteiger partial charge on any atom is -0.534 e. The molecule has 1 aliphatic heterocycles. The third kappa shape index (κ3) is 3.43.